The molecular weight excluding hydrogens is 260 g/mol. The first-order valence-corrected chi connectivity index (χ1v) is 6.28. The van der Waals surface area contributed by atoms with Crippen LogP contribution >= 0.6 is 0 Å². The SMILES string of the molecule is CCc1cc(C(=O)Nc2ccc(CO)c(CO)c2)no1. The molecule has 1 heterocycles. The molecule has 3 N–H and O–H groups in total. The molecule has 6 nitrogen and oxygen atoms in total. The molecule has 0 atom stereocenters. The van der Waals surface area contributed by atoms with Crippen LogP contribution in [0.25, 0.3) is 0 Å². The van der Waals surface area contributed by atoms with Crippen molar-refractivity contribution < 1.29 is 19.5 Å². The highest BCUT2D eigenvalue weighted by Crippen LogP contribution is 2.17. The standard InChI is InChI=1S/C14H16N2O4/c1-2-12-6-13(16-20-12)14(19)15-11-4-3-9(7-17)10(5-11)8-18/h3-6,17-18H,2,7-8H2,1H3,(H,15,19). The Morgan fingerprint density at radius 3 is 2.60 bits per heavy atom. The van der Waals surface area contributed by atoms with Gasteiger partial charge in [0, 0.05) is 18.2 Å². The van der Waals surface area contributed by atoms with Gasteiger partial charge < -0.3 is 20.1 Å². The van der Waals surface area contributed by atoms with Crippen LogP contribution in [0.3, 0.4) is 0 Å². The van der Waals surface area contributed by atoms with Crippen LogP contribution in [-0.4, -0.2) is 21.3 Å². The zero-order valence-corrected chi connectivity index (χ0v) is 11.1. The predicted octanol–water partition coefficient (Wildman–Crippen LogP) is 1.47. The molecule has 0 aliphatic heterocycles. The number of amides is 1. The van der Waals surface area contributed by atoms with Gasteiger partial charge in [-0.3, -0.25) is 4.79 Å². The lowest BCUT2D eigenvalue weighted by Gasteiger charge is -2.08. The molecule has 106 valence electrons. The number of nitrogens with one attached hydrogen (secondary N) is 1. The van der Waals surface area contributed by atoms with Crippen LogP contribution < -0.4 is 5.32 Å². The van der Waals surface area contributed by atoms with Crippen LogP contribution in [0, 0.1) is 0 Å². The van der Waals surface area contributed by atoms with Crippen molar-refractivity contribution in [3.05, 3.63) is 46.8 Å². The van der Waals surface area contributed by atoms with Crippen molar-refractivity contribution in [2.45, 2.75) is 26.6 Å². The molecule has 1 aromatic carbocycles. The van der Waals surface area contributed by atoms with E-state index in [1.165, 1.54) is 0 Å². The Morgan fingerprint density at radius 1 is 1.25 bits per heavy atom. The Labute approximate surface area is 116 Å². The quantitative estimate of drug-likeness (QED) is 0.768. The smallest absolute Gasteiger partial charge is 0.277 e. The monoisotopic (exact) mass is 276 g/mol. The molecule has 0 saturated heterocycles. The summed E-state index contributed by atoms with van der Waals surface area (Å²) in [6.07, 6.45) is 0.667. The Morgan fingerprint density at radius 2 is 2.00 bits per heavy atom. The van der Waals surface area contributed by atoms with Crippen molar-refractivity contribution in [1.82, 2.24) is 5.16 Å². The second kappa shape index (κ2) is 6.31. The molecule has 0 aliphatic rings. The fourth-order valence-electron chi connectivity index (χ4n) is 1.79. The van der Waals surface area contributed by atoms with Gasteiger partial charge in [-0.25, -0.2) is 0 Å². The Bertz CT molecular complexity index is 607. The lowest BCUT2D eigenvalue weighted by atomic mass is 10.1. The van der Waals surface area contributed by atoms with Gasteiger partial charge in [0.15, 0.2) is 5.69 Å². The average Bonchev–Trinajstić information content (AvgIpc) is 2.96. The van der Waals surface area contributed by atoms with Crippen LogP contribution in [0.5, 0.6) is 0 Å². The summed E-state index contributed by atoms with van der Waals surface area (Å²) in [6, 6.07) is 6.51. The van der Waals surface area contributed by atoms with E-state index in [-0.39, 0.29) is 24.8 Å². The summed E-state index contributed by atoms with van der Waals surface area (Å²) in [5.74, 6) is 0.260. The van der Waals surface area contributed by atoms with Crippen molar-refractivity contribution in [3.8, 4) is 0 Å². The van der Waals surface area contributed by atoms with E-state index in [0.29, 0.717) is 29.0 Å². The summed E-state index contributed by atoms with van der Waals surface area (Å²) >= 11 is 0. The number of hydrogen-bond donors (Lipinski definition) is 3. The topological polar surface area (TPSA) is 95.6 Å². The number of rotatable bonds is 5. The zero-order chi connectivity index (χ0) is 14.5. The molecule has 20 heavy (non-hydrogen) atoms. The van der Waals surface area contributed by atoms with E-state index in [2.05, 4.69) is 10.5 Å². The third-order valence-corrected chi connectivity index (χ3v) is 2.94. The van der Waals surface area contributed by atoms with Gasteiger partial charge >= 0.3 is 0 Å². The number of carbonyl (C=O) groups excluding carboxylic acids is 1. The summed E-state index contributed by atoms with van der Waals surface area (Å²) in [5.41, 5.74) is 1.93. The molecule has 0 unspecified atom stereocenters. The summed E-state index contributed by atoms with van der Waals surface area (Å²) in [7, 11) is 0. The molecule has 0 spiro atoms. The molecule has 0 aliphatic carbocycles. The van der Waals surface area contributed by atoms with E-state index >= 15 is 0 Å². The molecule has 6 heteroatoms. The van der Waals surface area contributed by atoms with E-state index in [9.17, 15) is 9.90 Å². The van der Waals surface area contributed by atoms with E-state index in [1.807, 2.05) is 6.92 Å². The van der Waals surface area contributed by atoms with Gasteiger partial charge in [-0.2, -0.15) is 0 Å². The normalized spacial score (nSPS) is 10.6. The van der Waals surface area contributed by atoms with Crippen LogP contribution in [0.4, 0.5) is 5.69 Å². The number of aromatic nitrogens is 1. The summed E-state index contributed by atoms with van der Waals surface area (Å²) in [6.45, 7) is 1.54. The minimum absolute atomic E-state index is 0.159. The minimum Gasteiger partial charge on any atom is -0.392 e. The maximum absolute atomic E-state index is 12.0. The van der Waals surface area contributed by atoms with Crippen molar-refractivity contribution >= 4 is 11.6 Å². The number of aliphatic hydroxyl groups excluding tert-OH is 2. The first-order chi connectivity index (χ1) is 9.67. The number of nitrogens with zero attached hydrogens (tertiary/aromatic N) is 1. The molecule has 0 saturated carbocycles. The maximum atomic E-state index is 12.0. The van der Waals surface area contributed by atoms with E-state index < -0.39 is 0 Å². The fourth-order valence-corrected chi connectivity index (χ4v) is 1.79. The predicted molar refractivity (Wildman–Crippen MR) is 72.1 cm³/mol. The molecule has 1 amide bonds. The Balaban J connectivity index is 2.15. The highest BCUT2D eigenvalue weighted by molar-refractivity contribution is 6.02. The van der Waals surface area contributed by atoms with Gasteiger partial charge in [0.1, 0.15) is 5.76 Å². The molecular formula is C14H16N2O4. The van der Waals surface area contributed by atoms with Crippen LogP contribution in [0.15, 0.2) is 28.8 Å². The number of aryl methyl sites for hydroxylation is 1. The van der Waals surface area contributed by atoms with Gasteiger partial charge in [0.25, 0.3) is 5.91 Å². The van der Waals surface area contributed by atoms with Crippen LogP contribution in [0.1, 0.15) is 34.3 Å². The molecule has 2 aromatic rings. The number of hydrogen-bond acceptors (Lipinski definition) is 5. The van der Waals surface area contributed by atoms with Crippen molar-refractivity contribution in [3.63, 3.8) is 0 Å². The third-order valence-electron chi connectivity index (χ3n) is 2.94. The van der Waals surface area contributed by atoms with E-state index in [0.717, 1.165) is 0 Å². The Kier molecular flexibility index (Phi) is 4.49. The molecule has 0 bridgehead atoms. The summed E-state index contributed by atoms with van der Waals surface area (Å²) in [4.78, 5) is 12.0. The highest BCUT2D eigenvalue weighted by atomic mass is 16.5. The molecule has 2 rings (SSSR count). The maximum Gasteiger partial charge on any atom is 0.277 e. The summed E-state index contributed by atoms with van der Waals surface area (Å²) in [5, 5.41) is 24.7. The van der Waals surface area contributed by atoms with Crippen LogP contribution in [0.2, 0.25) is 0 Å². The van der Waals surface area contributed by atoms with Gasteiger partial charge in [-0.15, -0.1) is 0 Å². The van der Waals surface area contributed by atoms with Gasteiger partial charge in [0.2, 0.25) is 0 Å². The fraction of sp³-hybridized carbons (Fsp3) is 0.286. The largest absolute Gasteiger partial charge is 0.392 e. The highest BCUT2D eigenvalue weighted by Gasteiger charge is 2.12. The number of anilines is 1. The van der Waals surface area contributed by atoms with Crippen molar-refractivity contribution in [2.75, 3.05) is 5.32 Å². The van der Waals surface area contributed by atoms with E-state index in [1.54, 1.807) is 24.3 Å². The Hall–Kier alpha value is -2.18. The summed E-state index contributed by atoms with van der Waals surface area (Å²) < 4.78 is 4.97. The van der Waals surface area contributed by atoms with Gasteiger partial charge in [-0.1, -0.05) is 18.1 Å². The minimum atomic E-state index is -0.380. The van der Waals surface area contributed by atoms with Crippen molar-refractivity contribution in [2.24, 2.45) is 0 Å². The number of aliphatic hydroxyl groups is 2. The van der Waals surface area contributed by atoms with Gasteiger partial charge in [-0.05, 0) is 23.3 Å². The first kappa shape index (κ1) is 14.2. The second-order valence-corrected chi connectivity index (χ2v) is 4.29. The number of benzene rings is 1. The average molecular weight is 276 g/mol. The second-order valence-electron chi connectivity index (χ2n) is 4.29. The molecule has 0 fully saturated rings. The zero-order valence-electron chi connectivity index (χ0n) is 11.1. The molecule has 0 radical (unpaired) electrons. The lowest BCUT2D eigenvalue weighted by molar-refractivity contribution is 0.101. The van der Waals surface area contributed by atoms with Crippen molar-refractivity contribution in [1.29, 1.82) is 0 Å². The van der Waals surface area contributed by atoms with Crippen LogP contribution in [-0.2, 0) is 19.6 Å². The number of carbonyl (C=O) groups is 1. The van der Waals surface area contributed by atoms with Gasteiger partial charge in [0.05, 0.1) is 13.2 Å². The third kappa shape index (κ3) is 3.04. The molecule has 1 aromatic heterocycles. The van der Waals surface area contributed by atoms with E-state index in [4.69, 9.17) is 9.63 Å². The lowest BCUT2D eigenvalue weighted by Crippen LogP contribution is -2.12. The first-order valence-electron chi connectivity index (χ1n) is 6.28.